The van der Waals surface area contributed by atoms with Crippen LogP contribution in [0, 0.1) is 25.7 Å². The van der Waals surface area contributed by atoms with Gasteiger partial charge in [-0.3, -0.25) is 9.59 Å². The minimum Gasteiger partial charge on any atom is -0.487 e. The van der Waals surface area contributed by atoms with Gasteiger partial charge in [0, 0.05) is 31.1 Å². The molecule has 0 spiro atoms. The Hall–Kier alpha value is -3.60. The van der Waals surface area contributed by atoms with Crippen molar-refractivity contribution >= 4 is 29.2 Å². The number of aryl methyl sites for hydroxylation is 2. The third-order valence-corrected chi connectivity index (χ3v) is 6.95. The standard InChI is InChI=1S/C26H35N5O6/c1-14-11-31(15(2)13-32)25(34)20-10-19(27-24(33)18-6-7-18)8-9-21(20)36-22(14)12-30(5)26(35)28-23-16(3)29-37-17(23)4/h8-10,14-15,18,22,32H,6-7,11-13H2,1-5H3,(H,27,33)(H,28,35)/t14-,15+,22+/m1/s1. The topological polar surface area (TPSA) is 137 Å². The average molecular weight is 514 g/mol. The van der Waals surface area contributed by atoms with Gasteiger partial charge in [0.15, 0.2) is 5.76 Å². The highest BCUT2D eigenvalue weighted by atomic mass is 16.5. The zero-order valence-electron chi connectivity index (χ0n) is 21.9. The van der Waals surface area contributed by atoms with Crippen LogP contribution in [0.15, 0.2) is 22.7 Å². The number of anilines is 2. The number of urea groups is 1. The molecule has 1 fully saturated rings. The van der Waals surface area contributed by atoms with E-state index in [0.29, 0.717) is 40.7 Å². The Morgan fingerprint density at radius 3 is 2.62 bits per heavy atom. The summed E-state index contributed by atoms with van der Waals surface area (Å²) in [4.78, 5) is 41.9. The van der Waals surface area contributed by atoms with E-state index >= 15 is 0 Å². The van der Waals surface area contributed by atoms with Crippen molar-refractivity contribution in [1.29, 1.82) is 0 Å². The van der Waals surface area contributed by atoms with Crippen molar-refractivity contribution in [3.05, 3.63) is 35.2 Å². The van der Waals surface area contributed by atoms with Crippen molar-refractivity contribution in [1.82, 2.24) is 15.0 Å². The maximum absolute atomic E-state index is 13.5. The fraction of sp³-hybridized carbons (Fsp3) is 0.538. The lowest BCUT2D eigenvalue weighted by molar-refractivity contribution is -0.117. The summed E-state index contributed by atoms with van der Waals surface area (Å²) in [6.07, 6.45) is 1.29. The summed E-state index contributed by atoms with van der Waals surface area (Å²) in [5, 5.41) is 19.4. The summed E-state index contributed by atoms with van der Waals surface area (Å²) in [5.74, 6) is 0.402. The van der Waals surface area contributed by atoms with E-state index in [4.69, 9.17) is 9.26 Å². The molecule has 0 bridgehead atoms. The van der Waals surface area contributed by atoms with Gasteiger partial charge in [0.25, 0.3) is 5.91 Å². The highest BCUT2D eigenvalue weighted by molar-refractivity contribution is 6.00. The van der Waals surface area contributed by atoms with Crippen LogP contribution in [0.2, 0.25) is 0 Å². The van der Waals surface area contributed by atoms with Crippen LogP contribution in [-0.2, 0) is 4.79 Å². The molecular formula is C26H35N5O6. The number of likely N-dealkylation sites (N-methyl/N-ethyl adjacent to an activating group) is 1. The molecule has 1 saturated carbocycles. The number of fused-ring (bicyclic) bond motifs is 1. The third-order valence-electron chi connectivity index (χ3n) is 6.95. The molecule has 1 aromatic carbocycles. The fourth-order valence-corrected chi connectivity index (χ4v) is 4.32. The molecule has 4 amide bonds. The quantitative estimate of drug-likeness (QED) is 0.517. The van der Waals surface area contributed by atoms with Crippen LogP contribution in [0.1, 0.15) is 48.5 Å². The van der Waals surface area contributed by atoms with Crippen molar-refractivity contribution < 1.29 is 28.8 Å². The summed E-state index contributed by atoms with van der Waals surface area (Å²) >= 11 is 0. The Morgan fingerprint density at radius 1 is 1.27 bits per heavy atom. The van der Waals surface area contributed by atoms with Gasteiger partial charge in [0.1, 0.15) is 23.2 Å². The van der Waals surface area contributed by atoms with Crippen LogP contribution in [0.5, 0.6) is 5.75 Å². The molecule has 3 N–H and O–H groups in total. The number of carbonyl (C=O) groups is 3. The molecule has 1 aromatic heterocycles. The Bertz CT molecular complexity index is 1160. The van der Waals surface area contributed by atoms with Crippen molar-refractivity contribution in [2.75, 3.05) is 37.4 Å². The second kappa shape index (κ2) is 10.8. The van der Waals surface area contributed by atoms with E-state index < -0.39 is 12.1 Å². The SMILES string of the molecule is Cc1noc(C)c1NC(=O)N(C)C[C@@H]1Oc2ccc(NC(=O)C3CC3)cc2C(=O)N([C@@H](C)CO)C[C@H]1C. The first-order valence-corrected chi connectivity index (χ1v) is 12.6. The molecule has 0 unspecified atom stereocenters. The molecule has 11 nitrogen and oxygen atoms in total. The van der Waals surface area contributed by atoms with Crippen molar-refractivity contribution in [2.24, 2.45) is 11.8 Å². The number of amides is 4. The number of benzene rings is 1. The van der Waals surface area contributed by atoms with Crippen molar-refractivity contribution in [3.8, 4) is 5.75 Å². The molecule has 1 aliphatic heterocycles. The summed E-state index contributed by atoms with van der Waals surface area (Å²) in [7, 11) is 1.67. The first kappa shape index (κ1) is 26.5. The Labute approximate surface area is 216 Å². The molecule has 11 heteroatoms. The number of hydrogen-bond donors (Lipinski definition) is 3. The second-order valence-corrected chi connectivity index (χ2v) is 10.1. The first-order valence-electron chi connectivity index (χ1n) is 12.6. The second-order valence-electron chi connectivity index (χ2n) is 10.1. The number of nitrogens with one attached hydrogen (secondary N) is 2. The number of nitrogens with zero attached hydrogens (tertiary/aromatic N) is 3. The van der Waals surface area contributed by atoms with E-state index in [0.717, 1.165) is 12.8 Å². The van der Waals surface area contributed by atoms with Gasteiger partial charge in [-0.15, -0.1) is 0 Å². The lowest BCUT2D eigenvalue weighted by Crippen LogP contribution is -2.50. The average Bonchev–Trinajstić information content (AvgIpc) is 3.68. The molecule has 3 atom stereocenters. The number of aliphatic hydroxyl groups is 1. The van der Waals surface area contributed by atoms with E-state index in [9.17, 15) is 19.5 Å². The lowest BCUT2D eigenvalue weighted by atomic mass is 9.99. The van der Waals surface area contributed by atoms with Gasteiger partial charge < -0.3 is 34.8 Å². The van der Waals surface area contributed by atoms with Gasteiger partial charge in [-0.1, -0.05) is 12.1 Å². The summed E-state index contributed by atoms with van der Waals surface area (Å²) < 4.78 is 11.5. The van der Waals surface area contributed by atoms with Gasteiger partial charge in [-0.2, -0.15) is 0 Å². The van der Waals surface area contributed by atoms with E-state index in [-0.39, 0.29) is 42.8 Å². The van der Waals surface area contributed by atoms with Crippen LogP contribution >= 0.6 is 0 Å². The maximum Gasteiger partial charge on any atom is 0.321 e. The van der Waals surface area contributed by atoms with Gasteiger partial charge in [0.05, 0.1) is 24.8 Å². The van der Waals surface area contributed by atoms with Crippen LogP contribution in [-0.4, -0.2) is 76.8 Å². The molecule has 37 heavy (non-hydrogen) atoms. The highest BCUT2D eigenvalue weighted by Gasteiger charge is 2.35. The summed E-state index contributed by atoms with van der Waals surface area (Å²) in [5.41, 5.74) is 1.93. The van der Waals surface area contributed by atoms with E-state index in [1.165, 1.54) is 4.90 Å². The van der Waals surface area contributed by atoms with Gasteiger partial charge in [-0.05, 0) is 51.8 Å². The van der Waals surface area contributed by atoms with Gasteiger partial charge >= 0.3 is 6.03 Å². The number of hydrogen-bond acceptors (Lipinski definition) is 7. The largest absolute Gasteiger partial charge is 0.487 e. The smallest absolute Gasteiger partial charge is 0.321 e. The molecule has 200 valence electrons. The highest BCUT2D eigenvalue weighted by Crippen LogP contribution is 2.33. The Balaban J connectivity index is 1.57. The summed E-state index contributed by atoms with van der Waals surface area (Å²) in [6.45, 7) is 7.57. The van der Waals surface area contributed by atoms with E-state index in [1.807, 2.05) is 6.92 Å². The molecule has 4 rings (SSSR count). The molecule has 2 aliphatic rings. The normalized spacial score (nSPS) is 20.3. The van der Waals surface area contributed by atoms with Crippen molar-refractivity contribution in [2.45, 2.75) is 52.7 Å². The van der Waals surface area contributed by atoms with Crippen LogP contribution in [0.25, 0.3) is 0 Å². The zero-order valence-corrected chi connectivity index (χ0v) is 21.9. The monoisotopic (exact) mass is 513 g/mol. The molecule has 0 saturated heterocycles. The van der Waals surface area contributed by atoms with E-state index in [2.05, 4.69) is 15.8 Å². The van der Waals surface area contributed by atoms with Crippen molar-refractivity contribution in [3.63, 3.8) is 0 Å². The summed E-state index contributed by atoms with van der Waals surface area (Å²) in [6, 6.07) is 4.24. The number of aromatic nitrogens is 1. The number of aliphatic hydroxyl groups excluding tert-OH is 1. The van der Waals surface area contributed by atoms with Gasteiger partial charge in [0.2, 0.25) is 5.91 Å². The number of ether oxygens (including phenoxy) is 1. The van der Waals surface area contributed by atoms with Crippen LogP contribution in [0.4, 0.5) is 16.2 Å². The number of rotatable bonds is 7. The third kappa shape index (κ3) is 5.87. The Morgan fingerprint density at radius 2 is 2.00 bits per heavy atom. The number of carbonyl (C=O) groups excluding carboxylic acids is 3. The predicted octanol–water partition coefficient (Wildman–Crippen LogP) is 3.02. The molecular weight excluding hydrogens is 478 g/mol. The van der Waals surface area contributed by atoms with Crippen LogP contribution < -0.4 is 15.4 Å². The minimum atomic E-state index is -0.451. The zero-order chi connectivity index (χ0) is 26.9. The molecule has 0 radical (unpaired) electrons. The van der Waals surface area contributed by atoms with E-state index in [1.54, 1.807) is 50.9 Å². The van der Waals surface area contributed by atoms with Gasteiger partial charge in [-0.25, -0.2) is 4.79 Å². The predicted molar refractivity (Wildman–Crippen MR) is 137 cm³/mol. The maximum atomic E-state index is 13.5. The fourth-order valence-electron chi connectivity index (χ4n) is 4.32. The van der Waals surface area contributed by atoms with Crippen LogP contribution in [0.3, 0.4) is 0 Å². The Kier molecular flexibility index (Phi) is 7.72. The molecule has 2 aromatic rings. The minimum absolute atomic E-state index is 0.0252. The lowest BCUT2D eigenvalue weighted by Gasteiger charge is -2.38. The molecule has 1 aliphatic carbocycles. The first-order chi connectivity index (χ1) is 17.6. The molecule has 2 heterocycles.